The number of amides is 1. The predicted molar refractivity (Wildman–Crippen MR) is 122 cm³/mol. The number of carboxylic acid groups (broad SMARTS) is 1. The van der Waals surface area contributed by atoms with E-state index in [1.807, 2.05) is 0 Å². The fourth-order valence-electron chi connectivity index (χ4n) is 3.73. The van der Waals surface area contributed by atoms with Crippen LogP contribution in [0.1, 0.15) is 32.7 Å². The third-order valence-electron chi connectivity index (χ3n) is 5.38. The first-order chi connectivity index (χ1) is 15.8. The summed E-state index contributed by atoms with van der Waals surface area (Å²) in [6, 6.07) is 9.53. The zero-order valence-corrected chi connectivity index (χ0v) is 19.1. The van der Waals surface area contributed by atoms with Crippen LogP contribution >= 0.6 is 11.6 Å². The molecule has 0 spiro atoms. The summed E-state index contributed by atoms with van der Waals surface area (Å²) in [6.45, 7) is 3.04. The zero-order chi connectivity index (χ0) is 25.4. The summed E-state index contributed by atoms with van der Waals surface area (Å²) < 4.78 is 41.5. The van der Waals surface area contributed by atoms with Gasteiger partial charge in [0.05, 0.1) is 17.5 Å². The highest BCUT2D eigenvalue weighted by Gasteiger charge is 2.35. The van der Waals surface area contributed by atoms with E-state index in [-0.39, 0.29) is 16.9 Å². The molecule has 0 atom stereocenters. The van der Waals surface area contributed by atoms with Crippen molar-refractivity contribution in [2.75, 3.05) is 5.32 Å². The number of hydrogen-bond acceptors (Lipinski definition) is 3. The Balaban J connectivity index is 2.22. The van der Waals surface area contributed by atoms with Gasteiger partial charge in [0.2, 0.25) is 0 Å². The van der Waals surface area contributed by atoms with E-state index >= 15 is 0 Å². The van der Waals surface area contributed by atoms with Crippen LogP contribution in [0, 0.1) is 13.8 Å². The number of alkyl halides is 3. The number of halogens is 4. The second-order valence-electron chi connectivity index (χ2n) is 7.76. The lowest BCUT2D eigenvalue weighted by Gasteiger charge is -2.20. The maximum atomic E-state index is 13.5. The lowest BCUT2D eigenvalue weighted by atomic mass is 9.95. The van der Waals surface area contributed by atoms with Crippen LogP contribution < -0.4 is 10.9 Å². The van der Waals surface area contributed by atoms with Gasteiger partial charge in [-0.2, -0.15) is 13.2 Å². The van der Waals surface area contributed by atoms with Gasteiger partial charge in [-0.05, 0) is 49.2 Å². The minimum Gasteiger partial charge on any atom is -0.481 e. The van der Waals surface area contributed by atoms with E-state index in [1.54, 1.807) is 31.2 Å². The van der Waals surface area contributed by atoms with Gasteiger partial charge in [-0.1, -0.05) is 35.4 Å². The van der Waals surface area contributed by atoms with Gasteiger partial charge in [-0.25, -0.2) is 0 Å². The molecule has 0 bridgehead atoms. The number of aryl methyl sites for hydroxylation is 1. The lowest BCUT2D eigenvalue weighted by molar-refractivity contribution is -0.138. The van der Waals surface area contributed by atoms with Crippen LogP contribution in [0.15, 0.2) is 47.3 Å². The number of aliphatic carboxylic acids is 1. The average molecular weight is 493 g/mol. The highest BCUT2D eigenvalue weighted by atomic mass is 35.5. The molecule has 3 rings (SSSR count). The van der Waals surface area contributed by atoms with Crippen LogP contribution in [0.3, 0.4) is 0 Å². The van der Waals surface area contributed by atoms with Crippen molar-refractivity contribution in [2.24, 2.45) is 7.05 Å². The van der Waals surface area contributed by atoms with Crippen molar-refractivity contribution in [3.8, 4) is 11.1 Å². The van der Waals surface area contributed by atoms with E-state index in [9.17, 15) is 32.7 Å². The van der Waals surface area contributed by atoms with E-state index in [2.05, 4.69) is 5.32 Å². The number of pyridine rings is 1. The quantitative estimate of drug-likeness (QED) is 0.511. The molecule has 0 saturated heterocycles. The third kappa shape index (κ3) is 4.99. The summed E-state index contributed by atoms with van der Waals surface area (Å²) in [5.74, 6) is -2.29. The summed E-state index contributed by atoms with van der Waals surface area (Å²) in [4.78, 5) is 37.5. The van der Waals surface area contributed by atoms with Gasteiger partial charge < -0.3 is 15.0 Å². The summed E-state index contributed by atoms with van der Waals surface area (Å²) in [7, 11) is 1.34. The van der Waals surface area contributed by atoms with Gasteiger partial charge in [0.25, 0.3) is 11.5 Å². The van der Waals surface area contributed by atoms with E-state index in [1.165, 1.54) is 20.0 Å². The molecular weight excluding hydrogens is 473 g/mol. The molecule has 1 amide bonds. The molecule has 1 aromatic heterocycles. The van der Waals surface area contributed by atoms with Crippen LogP contribution in [0.2, 0.25) is 5.02 Å². The molecule has 34 heavy (non-hydrogen) atoms. The van der Waals surface area contributed by atoms with Gasteiger partial charge in [0.1, 0.15) is 5.69 Å². The van der Waals surface area contributed by atoms with E-state index < -0.39 is 41.2 Å². The van der Waals surface area contributed by atoms with Gasteiger partial charge in [-0.3, -0.25) is 14.4 Å². The molecule has 0 unspecified atom stereocenters. The Kier molecular flexibility index (Phi) is 6.88. The summed E-state index contributed by atoms with van der Waals surface area (Å²) >= 11 is 5.95. The first kappa shape index (κ1) is 25.0. The number of aromatic nitrogens is 1. The Morgan fingerprint density at radius 3 is 2.26 bits per heavy atom. The summed E-state index contributed by atoms with van der Waals surface area (Å²) in [5, 5.41) is 12.1. The number of hydrogen-bond donors (Lipinski definition) is 2. The van der Waals surface area contributed by atoms with Crippen molar-refractivity contribution in [1.82, 2.24) is 4.57 Å². The molecule has 0 aliphatic rings. The van der Waals surface area contributed by atoms with Gasteiger partial charge in [0.15, 0.2) is 0 Å². The number of nitrogens with one attached hydrogen (secondary N) is 1. The highest BCUT2D eigenvalue weighted by Crippen LogP contribution is 2.34. The van der Waals surface area contributed by atoms with Crippen LogP contribution in [0.25, 0.3) is 11.1 Å². The Labute approximate surface area is 197 Å². The van der Waals surface area contributed by atoms with Crippen LogP contribution in [-0.2, 0) is 24.4 Å². The molecule has 3 aromatic rings. The van der Waals surface area contributed by atoms with Crippen molar-refractivity contribution in [2.45, 2.75) is 26.4 Å². The normalized spacial score (nSPS) is 11.4. The van der Waals surface area contributed by atoms with Crippen molar-refractivity contribution >= 4 is 29.2 Å². The highest BCUT2D eigenvalue weighted by molar-refractivity contribution is 6.30. The molecule has 6 nitrogen and oxygen atoms in total. The Morgan fingerprint density at radius 2 is 1.71 bits per heavy atom. The van der Waals surface area contributed by atoms with Crippen LogP contribution in [-0.4, -0.2) is 21.6 Å². The van der Waals surface area contributed by atoms with E-state index in [0.29, 0.717) is 21.7 Å². The van der Waals surface area contributed by atoms with E-state index in [0.717, 1.165) is 16.7 Å². The van der Waals surface area contributed by atoms with Gasteiger partial charge in [-0.15, -0.1) is 0 Å². The monoisotopic (exact) mass is 492 g/mol. The first-order valence-corrected chi connectivity index (χ1v) is 10.4. The van der Waals surface area contributed by atoms with Crippen LogP contribution in [0.5, 0.6) is 0 Å². The molecule has 2 N–H and O–H groups in total. The van der Waals surface area contributed by atoms with Crippen molar-refractivity contribution in [3.05, 3.63) is 85.8 Å². The first-order valence-electron chi connectivity index (χ1n) is 10.0. The Bertz CT molecular complexity index is 1350. The maximum Gasteiger partial charge on any atom is 0.417 e. The number of carboxylic acids is 1. The fourth-order valence-corrected chi connectivity index (χ4v) is 3.86. The number of carbonyl (C=O) groups excluding carboxylic acids is 1. The van der Waals surface area contributed by atoms with Gasteiger partial charge >= 0.3 is 12.1 Å². The smallest absolute Gasteiger partial charge is 0.417 e. The minimum atomic E-state index is -4.78. The van der Waals surface area contributed by atoms with Crippen LogP contribution in [0.4, 0.5) is 18.9 Å². The number of benzene rings is 2. The molecule has 10 heteroatoms. The molecule has 0 aliphatic carbocycles. The molecule has 0 radical (unpaired) electrons. The van der Waals surface area contributed by atoms with Crippen molar-refractivity contribution in [1.29, 1.82) is 0 Å². The predicted octanol–water partition coefficient (Wildman–Crippen LogP) is 5.22. The SMILES string of the molecule is Cc1ccc(C(F)(F)F)c(C(=O)Nc2c(C)c(-c3ccc(Cl)cc3)c(CC(=O)O)n(C)c2=O)c1. The van der Waals surface area contributed by atoms with E-state index in [4.69, 9.17) is 11.6 Å². The largest absolute Gasteiger partial charge is 0.481 e. The topological polar surface area (TPSA) is 88.4 Å². The maximum absolute atomic E-state index is 13.5. The molecule has 0 aliphatic heterocycles. The number of carbonyl (C=O) groups is 2. The fraction of sp³-hybridized carbons (Fsp3) is 0.208. The number of nitrogens with zero attached hydrogens (tertiary/aromatic N) is 1. The summed E-state index contributed by atoms with van der Waals surface area (Å²) in [6.07, 6.45) is -5.27. The second kappa shape index (κ2) is 9.34. The average Bonchev–Trinajstić information content (AvgIpc) is 2.74. The minimum absolute atomic E-state index is 0.168. The molecule has 0 fully saturated rings. The molecule has 178 valence electrons. The second-order valence-corrected chi connectivity index (χ2v) is 8.20. The number of anilines is 1. The molecule has 2 aromatic carbocycles. The lowest BCUT2D eigenvalue weighted by Crippen LogP contribution is -2.30. The summed E-state index contributed by atoms with van der Waals surface area (Å²) in [5.41, 5.74) is -1.06. The molecule has 0 saturated carbocycles. The molecular formula is C24H20ClF3N2O4. The third-order valence-corrected chi connectivity index (χ3v) is 5.63. The number of rotatable bonds is 5. The Morgan fingerprint density at radius 1 is 1.09 bits per heavy atom. The van der Waals surface area contributed by atoms with Gasteiger partial charge in [0, 0.05) is 23.3 Å². The molecule has 1 heterocycles. The van der Waals surface area contributed by atoms with Crippen molar-refractivity contribution < 1.29 is 27.9 Å². The van der Waals surface area contributed by atoms with Crippen molar-refractivity contribution in [3.63, 3.8) is 0 Å². The zero-order valence-electron chi connectivity index (χ0n) is 18.4. The standard InChI is InChI=1S/C24H20ClF3N2O4/c1-12-4-9-17(24(26,27)28)16(10-12)22(33)29-21-13(2)20(14-5-7-15(25)8-6-14)18(11-19(31)32)30(3)23(21)34/h4-10H,11H2,1-3H3,(H,29,33)(H,31,32). The Hall–Kier alpha value is -3.59.